The van der Waals surface area contributed by atoms with E-state index in [2.05, 4.69) is 15.4 Å². The summed E-state index contributed by atoms with van der Waals surface area (Å²) >= 11 is 0. The Labute approximate surface area is 139 Å². The van der Waals surface area contributed by atoms with Crippen molar-refractivity contribution in [3.63, 3.8) is 0 Å². The third-order valence-corrected chi connectivity index (χ3v) is 3.52. The molecule has 0 bridgehead atoms. The molecule has 1 aromatic carbocycles. The van der Waals surface area contributed by atoms with Crippen LogP contribution < -0.4 is 5.32 Å². The van der Waals surface area contributed by atoms with Crippen LogP contribution in [0, 0.1) is 0 Å². The number of aliphatic hydroxyl groups is 1. The molecule has 0 fully saturated rings. The van der Waals surface area contributed by atoms with Crippen LogP contribution in [0.1, 0.15) is 16.1 Å². The standard InChI is InChI=1S/C18H18N4O2/c23-15(12-14-6-2-1-3-7-14)13-19-18(24)16-8-4-9-17(21-16)22-11-5-10-20-22/h1-11,15,23H,12-13H2,(H,19,24). The predicted molar refractivity (Wildman–Crippen MR) is 89.8 cm³/mol. The highest BCUT2D eigenvalue weighted by Crippen LogP contribution is 2.05. The Balaban J connectivity index is 1.58. The number of rotatable bonds is 6. The SMILES string of the molecule is O=C(NCC(O)Cc1ccccc1)c1cccc(-n2cccn2)n1. The minimum Gasteiger partial charge on any atom is -0.391 e. The molecule has 0 aliphatic heterocycles. The first-order valence-electron chi connectivity index (χ1n) is 7.69. The van der Waals surface area contributed by atoms with Crippen LogP contribution in [0.4, 0.5) is 0 Å². The van der Waals surface area contributed by atoms with Gasteiger partial charge in [-0.3, -0.25) is 4.79 Å². The zero-order chi connectivity index (χ0) is 16.8. The number of carbonyl (C=O) groups is 1. The maximum Gasteiger partial charge on any atom is 0.270 e. The Morgan fingerprint density at radius 1 is 1.12 bits per heavy atom. The van der Waals surface area contributed by atoms with Gasteiger partial charge in [-0.2, -0.15) is 5.10 Å². The van der Waals surface area contributed by atoms with Gasteiger partial charge in [0.15, 0.2) is 5.82 Å². The Morgan fingerprint density at radius 3 is 2.71 bits per heavy atom. The van der Waals surface area contributed by atoms with E-state index in [1.165, 1.54) is 0 Å². The molecule has 1 unspecified atom stereocenters. The summed E-state index contributed by atoms with van der Waals surface area (Å²) in [5.41, 5.74) is 1.31. The van der Waals surface area contributed by atoms with E-state index in [-0.39, 0.29) is 18.1 Å². The van der Waals surface area contributed by atoms with Crippen molar-refractivity contribution in [3.8, 4) is 5.82 Å². The summed E-state index contributed by atoms with van der Waals surface area (Å²) in [6.45, 7) is 0.168. The van der Waals surface area contributed by atoms with Crippen molar-refractivity contribution < 1.29 is 9.90 Å². The van der Waals surface area contributed by atoms with Crippen molar-refractivity contribution in [1.82, 2.24) is 20.1 Å². The molecule has 0 radical (unpaired) electrons. The lowest BCUT2D eigenvalue weighted by atomic mass is 10.1. The molecule has 3 aromatic rings. The number of aromatic nitrogens is 3. The highest BCUT2D eigenvalue weighted by molar-refractivity contribution is 5.92. The number of hydrogen-bond acceptors (Lipinski definition) is 4. The Bertz CT molecular complexity index is 788. The van der Waals surface area contributed by atoms with Gasteiger partial charge in [-0.1, -0.05) is 36.4 Å². The predicted octanol–water partition coefficient (Wildman–Crippen LogP) is 1.60. The lowest BCUT2D eigenvalue weighted by Crippen LogP contribution is -2.33. The van der Waals surface area contributed by atoms with Crippen molar-refractivity contribution in [2.45, 2.75) is 12.5 Å². The molecule has 0 saturated heterocycles. The van der Waals surface area contributed by atoms with Crippen LogP contribution >= 0.6 is 0 Å². The third kappa shape index (κ3) is 4.05. The Hall–Kier alpha value is -2.99. The minimum absolute atomic E-state index is 0.168. The number of nitrogens with zero attached hydrogens (tertiary/aromatic N) is 3. The average molecular weight is 322 g/mol. The minimum atomic E-state index is -0.648. The summed E-state index contributed by atoms with van der Waals surface area (Å²) in [5, 5.41) is 16.9. The van der Waals surface area contributed by atoms with E-state index in [0.717, 1.165) is 5.56 Å². The summed E-state index contributed by atoms with van der Waals surface area (Å²) < 4.78 is 1.58. The summed E-state index contributed by atoms with van der Waals surface area (Å²) in [4.78, 5) is 16.5. The highest BCUT2D eigenvalue weighted by Gasteiger charge is 2.11. The number of hydrogen-bond donors (Lipinski definition) is 2. The molecule has 0 aliphatic carbocycles. The van der Waals surface area contributed by atoms with E-state index in [1.54, 1.807) is 41.3 Å². The second-order valence-electron chi connectivity index (χ2n) is 5.39. The summed E-state index contributed by atoms with van der Waals surface area (Å²) in [5.74, 6) is 0.244. The van der Waals surface area contributed by atoms with Gasteiger partial charge in [0.1, 0.15) is 5.69 Å². The van der Waals surface area contributed by atoms with E-state index in [0.29, 0.717) is 12.2 Å². The lowest BCUT2D eigenvalue weighted by molar-refractivity contribution is 0.0911. The van der Waals surface area contributed by atoms with Gasteiger partial charge >= 0.3 is 0 Å². The second kappa shape index (κ2) is 7.52. The van der Waals surface area contributed by atoms with E-state index in [9.17, 15) is 9.90 Å². The molecular weight excluding hydrogens is 304 g/mol. The van der Waals surface area contributed by atoms with Crippen molar-refractivity contribution in [1.29, 1.82) is 0 Å². The molecule has 122 valence electrons. The molecule has 24 heavy (non-hydrogen) atoms. The fraction of sp³-hybridized carbons (Fsp3) is 0.167. The van der Waals surface area contributed by atoms with E-state index in [1.807, 2.05) is 30.3 Å². The van der Waals surface area contributed by atoms with Crippen LogP contribution in [0.25, 0.3) is 5.82 Å². The topological polar surface area (TPSA) is 80.0 Å². The molecule has 0 aliphatic rings. The van der Waals surface area contributed by atoms with Gasteiger partial charge in [-0.15, -0.1) is 0 Å². The largest absolute Gasteiger partial charge is 0.391 e. The normalized spacial score (nSPS) is 11.9. The number of nitrogens with one attached hydrogen (secondary N) is 1. The van der Waals surface area contributed by atoms with Gasteiger partial charge in [0.05, 0.1) is 6.10 Å². The number of pyridine rings is 1. The molecule has 0 spiro atoms. The number of carbonyl (C=O) groups excluding carboxylic acids is 1. The molecule has 2 aromatic heterocycles. The van der Waals surface area contributed by atoms with Gasteiger partial charge in [0.25, 0.3) is 5.91 Å². The maximum atomic E-state index is 12.2. The molecule has 0 saturated carbocycles. The van der Waals surface area contributed by atoms with E-state index >= 15 is 0 Å². The number of benzene rings is 1. The quantitative estimate of drug-likeness (QED) is 0.722. The molecule has 2 heterocycles. The fourth-order valence-corrected chi connectivity index (χ4v) is 2.34. The zero-order valence-electron chi connectivity index (χ0n) is 13.0. The molecule has 1 atom stereocenters. The van der Waals surface area contributed by atoms with Crippen LogP contribution in [0.3, 0.4) is 0 Å². The molecule has 1 amide bonds. The van der Waals surface area contributed by atoms with Gasteiger partial charge in [0.2, 0.25) is 0 Å². The first-order chi connectivity index (χ1) is 11.7. The van der Waals surface area contributed by atoms with Crippen molar-refractivity contribution >= 4 is 5.91 Å². The first-order valence-corrected chi connectivity index (χ1v) is 7.69. The van der Waals surface area contributed by atoms with Gasteiger partial charge in [-0.05, 0) is 23.8 Å². The molecule has 3 rings (SSSR count). The fourth-order valence-electron chi connectivity index (χ4n) is 2.34. The smallest absolute Gasteiger partial charge is 0.270 e. The van der Waals surface area contributed by atoms with Crippen LogP contribution in [0.2, 0.25) is 0 Å². The summed E-state index contributed by atoms with van der Waals surface area (Å²) in [7, 11) is 0. The maximum absolute atomic E-state index is 12.2. The van der Waals surface area contributed by atoms with Crippen LogP contribution in [-0.4, -0.2) is 38.4 Å². The van der Waals surface area contributed by atoms with E-state index < -0.39 is 6.10 Å². The summed E-state index contributed by atoms with van der Waals surface area (Å²) in [6, 6.07) is 16.6. The third-order valence-electron chi connectivity index (χ3n) is 3.52. The van der Waals surface area contributed by atoms with Crippen LogP contribution in [0.5, 0.6) is 0 Å². The van der Waals surface area contributed by atoms with Crippen LogP contribution in [0.15, 0.2) is 67.0 Å². The average Bonchev–Trinajstić information content (AvgIpc) is 3.15. The number of aliphatic hydroxyl groups excluding tert-OH is 1. The highest BCUT2D eigenvalue weighted by atomic mass is 16.3. The van der Waals surface area contributed by atoms with Crippen molar-refractivity contribution in [3.05, 3.63) is 78.2 Å². The molecule has 6 nitrogen and oxygen atoms in total. The van der Waals surface area contributed by atoms with Crippen LogP contribution in [-0.2, 0) is 6.42 Å². The molecule has 6 heteroatoms. The molecular formula is C18H18N4O2. The zero-order valence-corrected chi connectivity index (χ0v) is 13.0. The van der Waals surface area contributed by atoms with E-state index in [4.69, 9.17) is 0 Å². The lowest BCUT2D eigenvalue weighted by Gasteiger charge is -2.12. The van der Waals surface area contributed by atoms with Crippen molar-refractivity contribution in [2.24, 2.45) is 0 Å². The van der Waals surface area contributed by atoms with Gasteiger partial charge in [-0.25, -0.2) is 9.67 Å². The number of amides is 1. The van der Waals surface area contributed by atoms with Gasteiger partial charge < -0.3 is 10.4 Å². The summed E-state index contributed by atoms with van der Waals surface area (Å²) in [6.07, 6.45) is 3.25. The Kier molecular flexibility index (Phi) is 4.98. The second-order valence-corrected chi connectivity index (χ2v) is 5.39. The molecule has 2 N–H and O–H groups in total. The van der Waals surface area contributed by atoms with Crippen molar-refractivity contribution in [2.75, 3.05) is 6.54 Å². The van der Waals surface area contributed by atoms with Gasteiger partial charge in [0, 0.05) is 25.4 Å². The first kappa shape index (κ1) is 15.9. The Morgan fingerprint density at radius 2 is 1.96 bits per heavy atom. The monoisotopic (exact) mass is 322 g/mol.